The van der Waals surface area contributed by atoms with Crippen LogP contribution in [0.5, 0.6) is 11.6 Å². The van der Waals surface area contributed by atoms with Gasteiger partial charge in [-0.05, 0) is 6.92 Å². The van der Waals surface area contributed by atoms with Crippen molar-refractivity contribution in [3.8, 4) is 11.6 Å². The molecular weight excluding hydrogens is 348 g/mol. The molecule has 25 heavy (non-hydrogen) atoms. The van der Waals surface area contributed by atoms with Crippen LogP contribution >= 0.6 is 0 Å². The van der Waals surface area contributed by atoms with Crippen molar-refractivity contribution in [3.05, 3.63) is 36.0 Å². The number of benzene rings is 2. The molecule has 3 rings (SSSR count). The van der Waals surface area contributed by atoms with E-state index in [2.05, 4.69) is 15.3 Å². The highest BCUT2D eigenvalue weighted by Crippen LogP contribution is 2.40. The largest absolute Gasteiger partial charge is 0.506 e. The van der Waals surface area contributed by atoms with Gasteiger partial charge in [0.2, 0.25) is 5.88 Å². The molecule has 2 aromatic carbocycles. The normalized spacial score (nSPS) is 12.3. The molecule has 1 heterocycles. The Bertz CT molecular complexity index is 1120. The highest BCUT2D eigenvalue weighted by Gasteiger charge is 2.20. The maximum Gasteiger partial charge on any atom is 0.295 e. The summed E-state index contributed by atoms with van der Waals surface area (Å²) >= 11 is 0. The van der Waals surface area contributed by atoms with Crippen molar-refractivity contribution in [3.63, 3.8) is 0 Å². The number of aromatic nitrogens is 2. The van der Waals surface area contributed by atoms with Gasteiger partial charge in [-0.15, -0.1) is 10.2 Å². The smallest absolute Gasteiger partial charge is 0.295 e. The number of hydrogen-bond acceptors (Lipinski definition) is 7. The molecule has 3 aromatic rings. The zero-order valence-corrected chi connectivity index (χ0v) is 14.1. The summed E-state index contributed by atoms with van der Waals surface area (Å²) < 4.78 is 33.6. The summed E-state index contributed by atoms with van der Waals surface area (Å²) in [5.41, 5.74) is 0.567. The van der Waals surface area contributed by atoms with E-state index >= 15 is 0 Å². The van der Waals surface area contributed by atoms with E-state index in [1.54, 1.807) is 19.1 Å². The van der Waals surface area contributed by atoms with Crippen LogP contribution in [0.4, 0.5) is 11.4 Å². The fourth-order valence-electron chi connectivity index (χ4n) is 2.48. The van der Waals surface area contributed by atoms with Gasteiger partial charge >= 0.3 is 0 Å². The molecule has 1 aromatic heterocycles. The number of nitrogens with zero attached hydrogens (tertiary/aromatic N) is 4. The average Bonchev–Trinajstić information content (AvgIpc) is 2.78. The molecule has 0 spiro atoms. The second kappa shape index (κ2) is 5.83. The minimum atomic E-state index is -4.53. The van der Waals surface area contributed by atoms with Crippen LogP contribution < -0.4 is 0 Å². The Morgan fingerprint density at radius 2 is 1.68 bits per heavy atom. The van der Waals surface area contributed by atoms with E-state index in [1.807, 2.05) is 0 Å². The zero-order valence-electron chi connectivity index (χ0n) is 13.2. The number of azo groups is 1. The lowest BCUT2D eigenvalue weighted by Gasteiger charge is -2.08. The minimum absolute atomic E-state index is 0.00523. The Labute approximate surface area is 142 Å². The molecule has 0 unspecified atom stereocenters. The Balaban J connectivity index is 2.24. The van der Waals surface area contributed by atoms with Gasteiger partial charge in [0.1, 0.15) is 16.3 Å². The molecule has 10 heteroatoms. The lowest BCUT2D eigenvalue weighted by atomic mass is 10.1. The summed E-state index contributed by atoms with van der Waals surface area (Å²) in [6.45, 7) is 1.63. The lowest BCUT2D eigenvalue weighted by Crippen LogP contribution is -1.99. The van der Waals surface area contributed by atoms with Crippen molar-refractivity contribution >= 4 is 32.3 Å². The van der Waals surface area contributed by atoms with Gasteiger partial charge in [-0.3, -0.25) is 4.55 Å². The van der Waals surface area contributed by atoms with Crippen molar-refractivity contribution in [2.45, 2.75) is 11.8 Å². The van der Waals surface area contributed by atoms with E-state index < -0.39 is 20.8 Å². The minimum Gasteiger partial charge on any atom is -0.506 e. The molecule has 130 valence electrons. The highest BCUT2D eigenvalue weighted by molar-refractivity contribution is 7.86. The van der Waals surface area contributed by atoms with Gasteiger partial charge in [0.05, 0.1) is 5.69 Å². The van der Waals surface area contributed by atoms with Crippen molar-refractivity contribution < 1.29 is 23.2 Å². The van der Waals surface area contributed by atoms with E-state index in [4.69, 9.17) is 0 Å². The number of phenolic OH excluding ortho intramolecular Hbond substituents is 1. The number of hydrogen-bond donors (Lipinski definition) is 3. The molecule has 0 aliphatic carbocycles. The molecule has 0 radical (unpaired) electrons. The van der Waals surface area contributed by atoms with Crippen molar-refractivity contribution in [2.24, 2.45) is 17.3 Å². The van der Waals surface area contributed by atoms with E-state index in [0.717, 1.165) is 6.07 Å². The molecular formula is C15H14N4O5S. The van der Waals surface area contributed by atoms with Crippen LogP contribution in [-0.2, 0) is 17.2 Å². The Morgan fingerprint density at radius 1 is 1.08 bits per heavy atom. The summed E-state index contributed by atoms with van der Waals surface area (Å²) in [6, 6.07) is 7.13. The van der Waals surface area contributed by atoms with Crippen LogP contribution in [0.15, 0.2) is 45.5 Å². The summed E-state index contributed by atoms with van der Waals surface area (Å²) in [6.07, 6.45) is 0. The highest BCUT2D eigenvalue weighted by atomic mass is 32.2. The number of rotatable bonds is 3. The Hall–Kier alpha value is -2.98. The quantitative estimate of drug-likeness (QED) is 0.484. The second-order valence-corrected chi connectivity index (χ2v) is 6.73. The van der Waals surface area contributed by atoms with Crippen LogP contribution in [-0.4, -0.2) is 33.0 Å². The van der Waals surface area contributed by atoms with Gasteiger partial charge in [-0.2, -0.15) is 13.5 Å². The molecule has 0 aliphatic rings. The van der Waals surface area contributed by atoms with Crippen LogP contribution in [0.2, 0.25) is 0 Å². The molecule has 0 amide bonds. The zero-order chi connectivity index (χ0) is 18.4. The topological polar surface area (TPSA) is 137 Å². The van der Waals surface area contributed by atoms with E-state index in [1.165, 1.54) is 23.9 Å². The van der Waals surface area contributed by atoms with Gasteiger partial charge < -0.3 is 10.2 Å². The van der Waals surface area contributed by atoms with Crippen LogP contribution in [0, 0.1) is 6.92 Å². The predicted molar refractivity (Wildman–Crippen MR) is 89.2 cm³/mol. The van der Waals surface area contributed by atoms with Gasteiger partial charge in [-0.1, -0.05) is 24.3 Å². The second-order valence-electron chi connectivity index (χ2n) is 5.34. The molecule has 0 saturated carbocycles. The first kappa shape index (κ1) is 16.9. The van der Waals surface area contributed by atoms with E-state index in [0.29, 0.717) is 5.69 Å². The molecule has 0 fully saturated rings. The van der Waals surface area contributed by atoms with Crippen molar-refractivity contribution in [2.75, 3.05) is 0 Å². The fourth-order valence-corrected chi connectivity index (χ4v) is 3.20. The third kappa shape index (κ3) is 2.92. The summed E-state index contributed by atoms with van der Waals surface area (Å²) in [7, 11) is -2.99. The lowest BCUT2D eigenvalue weighted by molar-refractivity contribution is 0.420. The van der Waals surface area contributed by atoms with Gasteiger partial charge in [0.25, 0.3) is 10.1 Å². The van der Waals surface area contributed by atoms with Crippen LogP contribution in [0.1, 0.15) is 5.69 Å². The summed E-state index contributed by atoms with van der Waals surface area (Å²) in [5.74, 6) is -0.671. The Kier molecular flexibility index (Phi) is 3.93. The van der Waals surface area contributed by atoms with E-state index in [9.17, 15) is 23.2 Å². The predicted octanol–water partition coefficient (Wildman–Crippen LogP) is 2.96. The third-order valence-corrected chi connectivity index (χ3v) is 4.54. The van der Waals surface area contributed by atoms with Crippen molar-refractivity contribution in [1.29, 1.82) is 0 Å². The van der Waals surface area contributed by atoms with Crippen LogP contribution in [0.3, 0.4) is 0 Å². The molecule has 0 aliphatic heterocycles. The molecule has 3 N–H and O–H groups in total. The van der Waals surface area contributed by atoms with Gasteiger partial charge in [0.15, 0.2) is 5.69 Å². The number of fused-ring (bicyclic) bond motifs is 1. The average molecular weight is 362 g/mol. The first-order valence-electron chi connectivity index (χ1n) is 7.06. The summed E-state index contributed by atoms with van der Waals surface area (Å²) in [4.78, 5) is -0.431. The fraction of sp³-hybridized carbons (Fsp3) is 0.133. The maximum absolute atomic E-state index is 11.5. The molecule has 0 bridgehead atoms. The Morgan fingerprint density at radius 3 is 2.24 bits per heavy atom. The first-order valence-corrected chi connectivity index (χ1v) is 8.50. The van der Waals surface area contributed by atoms with E-state index in [-0.39, 0.29) is 28.0 Å². The summed E-state index contributed by atoms with van der Waals surface area (Å²) in [5, 5.41) is 32.4. The number of aromatic hydroxyl groups is 2. The van der Waals surface area contributed by atoms with Gasteiger partial charge in [-0.25, -0.2) is 4.68 Å². The molecule has 9 nitrogen and oxygen atoms in total. The maximum atomic E-state index is 11.5. The first-order chi connectivity index (χ1) is 11.7. The number of phenols is 1. The molecule has 0 atom stereocenters. The van der Waals surface area contributed by atoms with Gasteiger partial charge in [0, 0.05) is 23.9 Å². The number of aryl methyl sites for hydroxylation is 2. The standard InChI is InChI=1S/C15H14N4O5S/c1-8-13(15(21)19(2)18-8)16-17-14-10-6-4-3-5-9(10)12(7-11(14)20)25(22,23)24/h3-7,20-21H,1-2H3,(H,22,23,24). The van der Waals surface area contributed by atoms with Crippen molar-refractivity contribution in [1.82, 2.24) is 9.78 Å². The molecule has 0 saturated heterocycles. The third-order valence-electron chi connectivity index (χ3n) is 3.65. The monoisotopic (exact) mass is 362 g/mol. The van der Waals surface area contributed by atoms with Crippen LogP contribution in [0.25, 0.3) is 10.8 Å². The SMILES string of the molecule is Cc1nn(C)c(O)c1N=Nc1c(O)cc(S(=O)(=O)O)c2ccccc12.